The molecule has 2 aromatic rings. The van der Waals surface area contributed by atoms with E-state index in [4.69, 9.17) is 4.74 Å². The summed E-state index contributed by atoms with van der Waals surface area (Å²) >= 11 is 1.68. The van der Waals surface area contributed by atoms with E-state index in [9.17, 15) is 18.0 Å². The van der Waals surface area contributed by atoms with Gasteiger partial charge in [0.15, 0.2) is 0 Å². The van der Waals surface area contributed by atoms with Crippen LogP contribution in [-0.4, -0.2) is 79.8 Å². The average Bonchev–Trinajstić information content (AvgIpc) is 3.34. The maximum Gasteiger partial charge on any atom is 0.417 e. The van der Waals surface area contributed by atoms with Crippen molar-refractivity contribution in [3.8, 4) is 0 Å². The number of nitrogens with one attached hydrogen (secondary N) is 1. The van der Waals surface area contributed by atoms with E-state index in [1.165, 1.54) is 10.9 Å². The van der Waals surface area contributed by atoms with E-state index >= 15 is 0 Å². The van der Waals surface area contributed by atoms with Gasteiger partial charge in [-0.05, 0) is 23.6 Å². The number of urea groups is 1. The number of anilines is 1. The van der Waals surface area contributed by atoms with Crippen molar-refractivity contribution in [2.24, 2.45) is 0 Å². The van der Waals surface area contributed by atoms with Gasteiger partial charge in [-0.25, -0.2) is 9.78 Å². The van der Waals surface area contributed by atoms with Crippen LogP contribution in [0.5, 0.6) is 0 Å². The molecular formula is C21H26F3N5O2S. The minimum Gasteiger partial charge on any atom is -0.379 e. The molecule has 0 unspecified atom stereocenters. The smallest absolute Gasteiger partial charge is 0.379 e. The van der Waals surface area contributed by atoms with Crippen molar-refractivity contribution >= 4 is 23.2 Å². The van der Waals surface area contributed by atoms with Gasteiger partial charge in [-0.15, -0.1) is 11.3 Å². The van der Waals surface area contributed by atoms with Gasteiger partial charge in [0.25, 0.3) is 0 Å². The molecule has 2 aliphatic rings. The maximum absolute atomic E-state index is 12.8. The highest BCUT2D eigenvalue weighted by atomic mass is 32.1. The summed E-state index contributed by atoms with van der Waals surface area (Å²) in [7, 11) is 0. The van der Waals surface area contributed by atoms with Crippen molar-refractivity contribution in [3.05, 3.63) is 46.3 Å². The first-order valence-electron chi connectivity index (χ1n) is 10.6. The fraction of sp³-hybridized carbons (Fsp3) is 0.524. The molecule has 1 N–H and O–H groups in total. The Hall–Kier alpha value is -2.37. The van der Waals surface area contributed by atoms with Gasteiger partial charge in [0, 0.05) is 56.9 Å². The van der Waals surface area contributed by atoms with E-state index in [0.29, 0.717) is 51.8 Å². The molecule has 0 spiro atoms. The highest BCUT2D eigenvalue weighted by molar-refractivity contribution is 7.10. The monoisotopic (exact) mass is 469 g/mol. The fourth-order valence-corrected chi connectivity index (χ4v) is 4.82. The molecule has 32 heavy (non-hydrogen) atoms. The number of carbonyl (C=O) groups is 1. The third kappa shape index (κ3) is 5.51. The zero-order valence-corrected chi connectivity index (χ0v) is 18.4. The number of carbonyl (C=O) groups excluding carboxylic acids is 1. The molecule has 2 fully saturated rings. The number of aromatic nitrogens is 1. The number of ether oxygens (including phenoxy) is 1. The lowest BCUT2D eigenvalue weighted by atomic mass is 10.2. The number of piperazine rings is 1. The van der Waals surface area contributed by atoms with Crippen LogP contribution >= 0.6 is 11.3 Å². The highest BCUT2D eigenvalue weighted by Crippen LogP contribution is 2.29. The van der Waals surface area contributed by atoms with Crippen LogP contribution in [0.15, 0.2) is 35.8 Å². The fourth-order valence-electron chi connectivity index (χ4n) is 3.95. The Labute approximate surface area is 188 Å². The molecule has 0 radical (unpaired) electrons. The van der Waals surface area contributed by atoms with Gasteiger partial charge in [0.05, 0.1) is 24.8 Å². The normalized spacial score (nSPS) is 19.1. The number of hydrogen-bond donors (Lipinski definition) is 1. The Kier molecular flexibility index (Phi) is 7.17. The number of alkyl halides is 3. The maximum atomic E-state index is 12.8. The first-order chi connectivity index (χ1) is 15.4. The Balaban J connectivity index is 1.29. The van der Waals surface area contributed by atoms with Crippen LogP contribution < -0.4 is 10.2 Å². The summed E-state index contributed by atoms with van der Waals surface area (Å²) in [5.41, 5.74) is -0.764. The van der Waals surface area contributed by atoms with Crippen molar-refractivity contribution in [1.82, 2.24) is 20.1 Å². The number of nitrogens with zero attached hydrogens (tertiary/aromatic N) is 4. The first kappa shape index (κ1) is 22.8. The minimum atomic E-state index is -4.40. The highest BCUT2D eigenvalue weighted by Gasteiger charge is 2.31. The Bertz CT molecular complexity index is 865. The molecule has 11 heteroatoms. The molecule has 174 valence electrons. The molecule has 4 heterocycles. The quantitative estimate of drug-likeness (QED) is 0.730. The second-order valence-electron chi connectivity index (χ2n) is 7.74. The molecule has 4 rings (SSSR count). The number of pyridine rings is 1. The molecule has 2 aromatic heterocycles. The number of hydrogen-bond acceptors (Lipinski definition) is 6. The van der Waals surface area contributed by atoms with Crippen LogP contribution in [0, 0.1) is 0 Å². The third-order valence-electron chi connectivity index (χ3n) is 5.77. The molecular weight excluding hydrogens is 443 g/mol. The van der Waals surface area contributed by atoms with E-state index in [2.05, 4.69) is 21.3 Å². The Morgan fingerprint density at radius 3 is 2.47 bits per heavy atom. The number of halogens is 3. The summed E-state index contributed by atoms with van der Waals surface area (Å²) in [4.78, 5) is 23.9. The predicted octanol–water partition coefficient (Wildman–Crippen LogP) is 3.07. The van der Waals surface area contributed by atoms with Gasteiger partial charge in [-0.2, -0.15) is 13.2 Å². The first-order valence-corrected chi connectivity index (χ1v) is 11.5. The van der Waals surface area contributed by atoms with Crippen LogP contribution in [0.1, 0.15) is 16.5 Å². The lowest BCUT2D eigenvalue weighted by molar-refractivity contribution is -0.137. The average molecular weight is 470 g/mol. The molecule has 0 saturated carbocycles. The molecule has 7 nitrogen and oxygen atoms in total. The zero-order valence-electron chi connectivity index (χ0n) is 17.6. The van der Waals surface area contributed by atoms with Crippen molar-refractivity contribution in [2.45, 2.75) is 12.2 Å². The number of amides is 2. The Morgan fingerprint density at radius 2 is 1.88 bits per heavy atom. The van der Waals surface area contributed by atoms with E-state index < -0.39 is 11.7 Å². The SMILES string of the molecule is O=C(NC[C@@H](c1cccs1)N1CCOCC1)N1CCN(c2ccc(C(F)(F)F)cn2)CC1. The summed E-state index contributed by atoms with van der Waals surface area (Å²) in [6.07, 6.45) is -3.55. The largest absolute Gasteiger partial charge is 0.417 e. The predicted molar refractivity (Wildman–Crippen MR) is 116 cm³/mol. The van der Waals surface area contributed by atoms with Gasteiger partial charge in [-0.3, -0.25) is 4.90 Å². The Morgan fingerprint density at radius 1 is 1.12 bits per heavy atom. The van der Waals surface area contributed by atoms with E-state index in [1.807, 2.05) is 16.3 Å². The van der Waals surface area contributed by atoms with E-state index in [1.54, 1.807) is 16.2 Å². The molecule has 1 atom stereocenters. The number of thiophene rings is 1. The number of rotatable bonds is 5. The lowest BCUT2D eigenvalue weighted by Crippen LogP contribution is -2.53. The summed E-state index contributed by atoms with van der Waals surface area (Å²) in [6, 6.07) is 6.52. The molecule has 2 saturated heterocycles. The molecule has 2 amide bonds. The molecule has 0 aromatic carbocycles. The third-order valence-corrected chi connectivity index (χ3v) is 6.74. The van der Waals surface area contributed by atoms with E-state index in [0.717, 1.165) is 25.4 Å². The van der Waals surface area contributed by atoms with E-state index in [-0.39, 0.29) is 12.1 Å². The summed E-state index contributed by atoms with van der Waals surface area (Å²) < 4.78 is 43.6. The van der Waals surface area contributed by atoms with Crippen molar-refractivity contribution < 1.29 is 22.7 Å². The van der Waals surface area contributed by atoms with Crippen LogP contribution in [0.4, 0.5) is 23.8 Å². The van der Waals surface area contributed by atoms with Crippen LogP contribution in [0.25, 0.3) is 0 Å². The van der Waals surface area contributed by atoms with Gasteiger partial charge >= 0.3 is 12.2 Å². The summed E-state index contributed by atoms with van der Waals surface area (Å²) in [5.74, 6) is 0.489. The molecule has 0 bridgehead atoms. The van der Waals surface area contributed by atoms with Crippen LogP contribution in [0.3, 0.4) is 0 Å². The standard InChI is InChI=1S/C21H26F3N5O2S/c22-21(23,24)16-3-4-19(25-14-16)28-5-7-29(8-6-28)20(30)26-15-17(18-2-1-13-32-18)27-9-11-31-12-10-27/h1-4,13-14,17H,5-12,15H2,(H,26,30)/t17-/m0/s1. The van der Waals surface area contributed by atoms with Gasteiger partial charge in [0.1, 0.15) is 5.82 Å². The van der Waals surface area contributed by atoms with Gasteiger partial charge < -0.3 is 19.9 Å². The summed E-state index contributed by atoms with van der Waals surface area (Å²) in [5, 5.41) is 5.11. The van der Waals surface area contributed by atoms with Crippen LogP contribution in [-0.2, 0) is 10.9 Å². The van der Waals surface area contributed by atoms with Crippen molar-refractivity contribution in [2.75, 3.05) is 63.9 Å². The number of morpholine rings is 1. The lowest BCUT2D eigenvalue weighted by Gasteiger charge is -2.37. The van der Waals surface area contributed by atoms with Crippen molar-refractivity contribution in [1.29, 1.82) is 0 Å². The van der Waals surface area contributed by atoms with Gasteiger partial charge in [0.2, 0.25) is 0 Å². The molecule has 0 aliphatic carbocycles. The topological polar surface area (TPSA) is 60.9 Å². The summed E-state index contributed by atoms with van der Waals surface area (Å²) in [6.45, 7) is 5.55. The second kappa shape index (κ2) is 10.1. The zero-order chi connectivity index (χ0) is 22.6. The minimum absolute atomic E-state index is 0.112. The van der Waals surface area contributed by atoms with Crippen molar-refractivity contribution in [3.63, 3.8) is 0 Å². The van der Waals surface area contributed by atoms with Gasteiger partial charge in [-0.1, -0.05) is 6.07 Å². The second-order valence-corrected chi connectivity index (χ2v) is 8.72. The van der Waals surface area contributed by atoms with Crippen LogP contribution in [0.2, 0.25) is 0 Å². The molecule has 2 aliphatic heterocycles.